The molecule has 1 aliphatic rings. The van der Waals surface area contributed by atoms with Gasteiger partial charge in [0.15, 0.2) is 4.32 Å². The molecule has 1 aliphatic heterocycles. The maximum Gasteiger partial charge on any atom is 0.265 e. The summed E-state index contributed by atoms with van der Waals surface area (Å²) in [6.45, 7) is 0.346. The van der Waals surface area contributed by atoms with Crippen LogP contribution in [0, 0.1) is 0 Å². The summed E-state index contributed by atoms with van der Waals surface area (Å²) in [7, 11) is -3.63. The summed E-state index contributed by atoms with van der Waals surface area (Å²) in [6.07, 6.45) is 0. The lowest BCUT2D eigenvalue weighted by Crippen LogP contribution is -2.31. The molecule has 0 aliphatic carbocycles. The first kappa shape index (κ1) is 15.8. The zero-order chi connectivity index (χ0) is 15.7. The van der Waals surface area contributed by atoms with Crippen LogP contribution in [-0.4, -0.2) is 23.6 Å². The minimum Gasteiger partial charge on any atom is -0.249 e. The van der Waals surface area contributed by atoms with Gasteiger partial charge in [-0.25, -0.2) is 12.7 Å². The number of sulfonamides is 1. The monoisotopic (exact) mass is 369 g/mol. The number of halogens is 1. The highest BCUT2D eigenvalue weighted by Crippen LogP contribution is 2.40. The number of thiocarbonyl (C=S) groups is 1. The first-order valence-corrected chi connectivity index (χ1v) is 9.63. The van der Waals surface area contributed by atoms with Crippen molar-refractivity contribution in [1.29, 1.82) is 0 Å². The van der Waals surface area contributed by atoms with Crippen LogP contribution in [0.1, 0.15) is 10.8 Å². The van der Waals surface area contributed by atoms with Gasteiger partial charge in [0.2, 0.25) is 0 Å². The summed E-state index contributed by atoms with van der Waals surface area (Å²) in [5.41, 5.74) is 1.07. The Hall–Kier alpha value is -1.08. The van der Waals surface area contributed by atoms with E-state index in [1.165, 1.54) is 28.2 Å². The highest BCUT2D eigenvalue weighted by Gasteiger charge is 2.37. The SMILES string of the molecule is O=S(=O)(c1ccc(Cl)cc1)N1C[C@@H](c2ccccc2)SC1=S. The number of rotatable bonds is 3. The Bertz CT molecular complexity index is 791. The topological polar surface area (TPSA) is 37.4 Å². The highest BCUT2D eigenvalue weighted by molar-refractivity contribution is 8.24. The molecule has 1 atom stereocenters. The average Bonchev–Trinajstić information content (AvgIpc) is 2.91. The van der Waals surface area contributed by atoms with Crippen molar-refractivity contribution in [2.45, 2.75) is 10.1 Å². The standard InChI is InChI=1S/C15H12ClNO2S3/c16-12-6-8-13(9-7-12)22(18,19)17-10-14(21-15(17)20)11-4-2-1-3-5-11/h1-9,14H,10H2/t14-/m0/s1. The summed E-state index contributed by atoms with van der Waals surface area (Å²) >= 11 is 12.5. The summed E-state index contributed by atoms with van der Waals surface area (Å²) < 4.78 is 27.1. The second-order valence-electron chi connectivity index (χ2n) is 4.77. The average molecular weight is 370 g/mol. The number of hydrogen-bond donors (Lipinski definition) is 0. The molecule has 1 fully saturated rings. The van der Waals surface area contributed by atoms with Crippen molar-refractivity contribution in [3.63, 3.8) is 0 Å². The van der Waals surface area contributed by atoms with Crippen LogP contribution in [0.2, 0.25) is 5.02 Å². The fourth-order valence-electron chi connectivity index (χ4n) is 2.21. The van der Waals surface area contributed by atoms with Gasteiger partial charge in [-0.05, 0) is 29.8 Å². The van der Waals surface area contributed by atoms with Gasteiger partial charge in [-0.15, -0.1) is 0 Å². The third-order valence-electron chi connectivity index (χ3n) is 3.35. The smallest absolute Gasteiger partial charge is 0.249 e. The highest BCUT2D eigenvalue weighted by atomic mass is 35.5. The molecular weight excluding hydrogens is 358 g/mol. The maximum absolute atomic E-state index is 12.7. The lowest BCUT2D eigenvalue weighted by Gasteiger charge is -2.17. The van der Waals surface area contributed by atoms with Crippen LogP contribution in [0.4, 0.5) is 0 Å². The molecule has 3 nitrogen and oxygen atoms in total. The van der Waals surface area contributed by atoms with Gasteiger partial charge >= 0.3 is 0 Å². The Morgan fingerprint density at radius 1 is 1.09 bits per heavy atom. The van der Waals surface area contributed by atoms with Crippen LogP contribution in [0.3, 0.4) is 0 Å². The molecule has 1 saturated heterocycles. The Morgan fingerprint density at radius 2 is 1.73 bits per heavy atom. The molecule has 2 aromatic carbocycles. The molecule has 0 saturated carbocycles. The molecule has 0 radical (unpaired) electrons. The van der Waals surface area contributed by atoms with Crippen molar-refractivity contribution >= 4 is 49.9 Å². The Labute approximate surface area is 144 Å². The van der Waals surface area contributed by atoms with E-state index in [0.29, 0.717) is 15.9 Å². The molecule has 7 heteroatoms. The number of benzene rings is 2. The van der Waals surface area contributed by atoms with Gasteiger partial charge in [-0.2, -0.15) is 0 Å². The lowest BCUT2D eigenvalue weighted by atomic mass is 10.1. The first-order chi connectivity index (χ1) is 10.5. The van der Waals surface area contributed by atoms with Gasteiger partial charge in [0.25, 0.3) is 10.0 Å². The quantitative estimate of drug-likeness (QED) is 0.763. The number of nitrogens with zero attached hydrogens (tertiary/aromatic N) is 1. The Balaban J connectivity index is 1.89. The predicted octanol–water partition coefficient (Wildman–Crippen LogP) is 4.10. The van der Waals surface area contributed by atoms with Crippen LogP contribution >= 0.6 is 35.6 Å². The largest absolute Gasteiger partial charge is 0.265 e. The van der Waals surface area contributed by atoms with Gasteiger partial charge in [0, 0.05) is 5.02 Å². The molecule has 2 aromatic rings. The Morgan fingerprint density at radius 3 is 2.36 bits per heavy atom. The minimum atomic E-state index is -3.63. The molecule has 114 valence electrons. The molecular formula is C15H12ClNO2S3. The lowest BCUT2D eigenvalue weighted by molar-refractivity contribution is 0.531. The van der Waals surface area contributed by atoms with Crippen molar-refractivity contribution in [3.05, 3.63) is 65.2 Å². The van der Waals surface area contributed by atoms with Crippen molar-refractivity contribution in [2.75, 3.05) is 6.54 Å². The summed E-state index contributed by atoms with van der Waals surface area (Å²) in [5.74, 6) is 0. The van der Waals surface area contributed by atoms with Gasteiger partial charge in [-0.1, -0.05) is 65.9 Å². The van der Waals surface area contributed by atoms with E-state index in [1.54, 1.807) is 12.1 Å². The molecule has 3 rings (SSSR count). The van der Waals surface area contributed by atoms with E-state index in [1.807, 2.05) is 30.3 Å². The predicted molar refractivity (Wildman–Crippen MR) is 94.7 cm³/mol. The van der Waals surface area contributed by atoms with Crippen molar-refractivity contribution in [2.24, 2.45) is 0 Å². The zero-order valence-electron chi connectivity index (χ0n) is 11.3. The molecule has 1 heterocycles. The van der Waals surface area contributed by atoms with E-state index < -0.39 is 10.0 Å². The fourth-order valence-corrected chi connectivity index (χ4v) is 5.80. The van der Waals surface area contributed by atoms with Gasteiger partial charge in [0.1, 0.15) is 0 Å². The van der Waals surface area contributed by atoms with Gasteiger partial charge in [-0.3, -0.25) is 0 Å². The molecule has 0 N–H and O–H groups in total. The van der Waals surface area contributed by atoms with Crippen molar-refractivity contribution < 1.29 is 8.42 Å². The molecule has 0 aromatic heterocycles. The molecule has 0 unspecified atom stereocenters. The minimum absolute atomic E-state index is 0.0239. The van der Waals surface area contributed by atoms with Crippen molar-refractivity contribution in [1.82, 2.24) is 4.31 Å². The molecule has 0 amide bonds. The van der Waals surface area contributed by atoms with E-state index in [-0.39, 0.29) is 10.1 Å². The molecule has 22 heavy (non-hydrogen) atoms. The van der Waals surface area contributed by atoms with Crippen LogP contribution in [-0.2, 0) is 10.0 Å². The zero-order valence-corrected chi connectivity index (χ0v) is 14.6. The number of thioether (sulfide) groups is 1. The third-order valence-corrected chi connectivity index (χ3v) is 7.25. The second-order valence-corrected chi connectivity index (χ2v) is 8.91. The van der Waals surface area contributed by atoms with E-state index in [2.05, 4.69) is 0 Å². The van der Waals surface area contributed by atoms with E-state index >= 15 is 0 Å². The fraction of sp³-hybridized carbons (Fsp3) is 0.133. The van der Waals surface area contributed by atoms with Gasteiger partial charge in [0.05, 0.1) is 16.7 Å². The van der Waals surface area contributed by atoms with E-state index in [4.69, 9.17) is 23.8 Å². The van der Waals surface area contributed by atoms with Crippen LogP contribution in [0.15, 0.2) is 59.5 Å². The second kappa shape index (κ2) is 6.20. The molecule has 0 spiro atoms. The Kier molecular flexibility index (Phi) is 4.45. The normalized spacial score (nSPS) is 18.7. The van der Waals surface area contributed by atoms with E-state index in [0.717, 1.165) is 5.56 Å². The summed E-state index contributed by atoms with van der Waals surface area (Å²) in [5, 5.41) is 0.523. The van der Waals surface area contributed by atoms with Crippen LogP contribution in [0.5, 0.6) is 0 Å². The summed E-state index contributed by atoms with van der Waals surface area (Å²) in [6, 6.07) is 15.9. The third kappa shape index (κ3) is 3.01. The first-order valence-electron chi connectivity index (χ1n) is 6.52. The van der Waals surface area contributed by atoms with Crippen LogP contribution in [0.25, 0.3) is 0 Å². The molecule has 0 bridgehead atoms. The summed E-state index contributed by atoms with van der Waals surface area (Å²) in [4.78, 5) is 0.202. The van der Waals surface area contributed by atoms with Crippen molar-refractivity contribution in [3.8, 4) is 0 Å². The maximum atomic E-state index is 12.7. The van der Waals surface area contributed by atoms with Gasteiger partial charge < -0.3 is 0 Å². The number of hydrogen-bond acceptors (Lipinski definition) is 4. The van der Waals surface area contributed by atoms with E-state index in [9.17, 15) is 8.42 Å². The van der Waals surface area contributed by atoms with Crippen LogP contribution < -0.4 is 0 Å².